The SMILES string of the molecule is COc1ccccc1OCC[NH2+]C[C@@H](O)COc1ccccc1C(C)C. The largest absolute Gasteiger partial charge is 0.493 e. The molecule has 2 aromatic rings. The molecule has 1 atom stereocenters. The first-order chi connectivity index (χ1) is 12.6. The van der Waals surface area contributed by atoms with Crippen LogP contribution in [0.1, 0.15) is 25.3 Å². The molecule has 2 rings (SSSR count). The molecule has 0 saturated heterocycles. The van der Waals surface area contributed by atoms with Crippen LogP contribution in [0.25, 0.3) is 0 Å². The lowest BCUT2D eigenvalue weighted by Crippen LogP contribution is -2.87. The second-order valence-electron chi connectivity index (χ2n) is 6.47. The summed E-state index contributed by atoms with van der Waals surface area (Å²) in [5.74, 6) is 2.70. The standard InChI is InChI=1S/C21H29NO4/c1-16(2)18-8-4-5-9-19(18)26-15-17(23)14-22-12-13-25-21-11-7-6-10-20(21)24-3/h4-11,16-17,22-23H,12-15H2,1-3H3/p+1/t17-/m1/s1. The van der Waals surface area contributed by atoms with E-state index in [1.165, 1.54) is 0 Å². The van der Waals surface area contributed by atoms with Gasteiger partial charge in [0.25, 0.3) is 0 Å². The molecular weight excluding hydrogens is 330 g/mol. The Balaban J connectivity index is 1.66. The van der Waals surface area contributed by atoms with Crippen LogP contribution in [-0.2, 0) is 0 Å². The van der Waals surface area contributed by atoms with Gasteiger partial charge in [-0.15, -0.1) is 0 Å². The molecule has 0 unspecified atom stereocenters. The summed E-state index contributed by atoms with van der Waals surface area (Å²) in [5, 5.41) is 12.1. The van der Waals surface area contributed by atoms with Gasteiger partial charge in [-0.25, -0.2) is 0 Å². The van der Waals surface area contributed by atoms with Gasteiger partial charge >= 0.3 is 0 Å². The molecule has 0 aliphatic carbocycles. The monoisotopic (exact) mass is 360 g/mol. The van der Waals surface area contributed by atoms with Gasteiger partial charge in [0.2, 0.25) is 0 Å². The Bertz CT molecular complexity index is 660. The van der Waals surface area contributed by atoms with Gasteiger partial charge in [0.1, 0.15) is 38.2 Å². The predicted molar refractivity (Wildman–Crippen MR) is 102 cm³/mol. The Morgan fingerprint density at radius 3 is 2.27 bits per heavy atom. The molecule has 3 N–H and O–H groups in total. The topological polar surface area (TPSA) is 64.5 Å². The van der Waals surface area contributed by atoms with Gasteiger partial charge in [0, 0.05) is 0 Å². The van der Waals surface area contributed by atoms with Crippen LogP contribution in [0.2, 0.25) is 0 Å². The highest BCUT2D eigenvalue weighted by atomic mass is 16.5. The number of benzene rings is 2. The fraction of sp³-hybridized carbons (Fsp3) is 0.429. The van der Waals surface area contributed by atoms with Crippen LogP contribution >= 0.6 is 0 Å². The Morgan fingerprint density at radius 2 is 1.58 bits per heavy atom. The average molecular weight is 360 g/mol. The van der Waals surface area contributed by atoms with Crippen molar-refractivity contribution in [3.63, 3.8) is 0 Å². The highest BCUT2D eigenvalue weighted by Crippen LogP contribution is 2.26. The lowest BCUT2D eigenvalue weighted by atomic mass is 10.0. The van der Waals surface area contributed by atoms with E-state index in [1.807, 2.05) is 47.8 Å². The molecule has 0 radical (unpaired) electrons. The zero-order valence-electron chi connectivity index (χ0n) is 15.9. The molecule has 26 heavy (non-hydrogen) atoms. The zero-order valence-corrected chi connectivity index (χ0v) is 15.9. The minimum atomic E-state index is -0.526. The van der Waals surface area contributed by atoms with E-state index in [2.05, 4.69) is 19.9 Å². The molecule has 0 spiro atoms. The number of quaternary nitrogens is 1. The number of nitrogens with two attached hydrogens (primary N) is 1. The summed E-state index contributed by atoms with van der Waals surface area (Å²) in [4.78, 5) is 0. The maximum atomic E-state index is 10.1. The summed E-state index contributed by atoms with van der Waals surface area (Å²) in [7, 11) is 1.63. The van der Waals surface area contributed by atoms with Crippen molar-refractivity contribution in [2.45, 2.75) is 25.9 Å². The molecule has 0 amide bonds. The van der Waals surface area contributed by atoms with Gasteiger partial charge in [-0.1, -0.05) is 44.2 Å². The Morgan fingerprint density at radius 1 is 0.923 bits per heavy atom. The smallest absolute Gasteiger partial charge is 0.161 e. The first-order valence-electron chi connectivity index (χ1n) is 9.09. The fourth-order valence-corrected chi connectivity index (χ4v) is 2.64. The normalized spacial score (nSPS) is 12.0. The van der Waals surface area contributed by atoms with Crippen molar-refractivity contribution in [2.24, 2.45) is 0 Å². The van der Waals surface area contributed by atoms with Gasteiger partial charge in [-0.05, 0) is 29.7 Å². The van der Waals surface area contributed by atoms with E-state index in [1.54, 1.807) is 7.11 Å². The summed E-state index contributed by atoms with van der Waals surface area (Å²) < 4.78 is 16.8. The Kier molecular flexibility index (Phi) is 8.25. The van der Waals surface area contributed by atoms with E-state index in [9.17, 15) is 5.11 Å². The first-order valence-corrected chi connectivity index (χ1v) is 9.09. The maximum Gasteiger partial charge on any atom is 0.161 e. The molecule has 5 heteroatoms. The number of ether oxygens (including phenoxy) is 3. The molecule has 5 nitrogen and oxygen atoms in total. The van der Waals surface area contributed by atoms with Crippen molar-refractivity contribution in [1.29, 1.82) is 0 Å². The minimum absolute atomic E-state index is 0.285. The van der Waals surface area contributed by atoms with Crippen LogP contribution in [-0.4, -0.2) is 44.6 Å². The summed E-state index contributed by atoms with van der Waals surface area (Å²) in [5.41, 5.74) is 1.16. The molecule has 0 heterocycles. The number of rotatable bonds is 11. The van der Waals surface area contributed by atoms with E-state index in [0.29, 0.717) is 19.1 Å². The fourth-order valence-electron chi connectivity index (χ4n) is 2.64. The van der Waals surface area contributed by atoms with Crippen molar-refractivity contribution in [3.05, 3.63) is 54.1 Å². The third-order valence-corrected chi connectivity index (χ3v) is 4.06. The molecule has 0 aliphatic rings. The van der Waals surface area contributed by atoms with E-state index in [-0.39, 0.29) is 6.61 Å². The van der Waals surface area contributed by atoms with Crippen LogP contribution < -0.4 is 19.5 Å². The summed E-state index contributed by atoms with van der Waals surface area (Å²) in [6.45, 7) is 6.41. The van der Waals surface area contributed by atoms with E-state index >= 15 is 0 Å². The van der Waals surface area contributed by atoms with Gasteiger partial charge in [-0.2, -0.15) is 0 Å². The predicted octanol–water partition coefficient (Wildman–Crippen LogP) is 2.20. The number of aliphatic hydroxyl groups is 1. The van der Waals surface area contributed by atoms with Crippen LogP contribution in [0.15, 0.2) is 48.5 Å². The summed E-state index contributed by atoms with van der Waals surface area (Å²) >= 11 is 0. The molecular formula is C21H30NO4+. The highest BCUT2D eigenvalue weighted by Gasteiger charge is 2.11. The second kappa shape index (κ2) is 10.7. The summed E-state index contributed by atoms with van der Waals surface area (Å²) in [6.07, 6.45) is -0.526. The quantitative estimate of drug-likeness (QED) is 0.603. The van der Waals surface area contributed by atoms with Crippen LogP contribution in [0.3, 0.4) is 0 Å². The van der Waals surface area contributed by atoms with Gasteiger partial charge < -0.3 is 24.6 Å². The number of para-hydroxylation sites is 3. The van der Waals surface area contributed by atoms with Gasteiger partial charge in [-0.3, -0.25) is 0 Å². The Labute approximate surface area is 155 Å². The van der Waals surface area contributed by atoms with Gasteiger partial charge in [0.15, 0.2) is 11.5 Å². The maximum absolute atomic E-state index is 10.1. The van der Waals surface area contributed by atoms with Gasteiger partial charge in [0.05, 0.1) is 7.11 Å². The average Bonchev–Trinajstić information content (AvgIpc) is 2.66. The lowest BCUT2D eigenvalue weighted by molar-refractivity contribution is -0.661. The summed E-state index contributed by atoms with van der Waals surface area (Å²) in [6, 6.07) is 15.6. The zero-order chi connectivity index (χ0) is 18.8. The number of aliphatic hydroxyl groups excluding tert-OH is 1. The molecule has 0 aromatic heterocycles. The van der Waals surface area contributed by atoms with E-state index < -0.39 is 6.10 Å². The molecule has 0 fully saturated rings. The van der Waals surface area contributed by atoms with Crippen LogP contribution in [0.5, 0.6) is 17.2 Å². The molecule has 0 bridgehead atoms. The van der Waals surface area contributed by atoms with E-state index in [0.717, 1.165) is 29.4 Å². The van der Waals surface area contributed by atoms with Crippen LogP contribution in [0.4, 0.5) is 0 Å². The minimum Gasteiger partial charge on any atom is -0.493 e. The van der Waals surface area contributed by atoms with Crippen LogP contribution in [0, 0.1) is 0 Å². The number of methoxy groups -OCH3 is 1. The van der Waals surface area contributed by atoms with Crippen molar-refractivity contribution in [2.75, 3.05) is 33.4 Å². The highest BCUT2D eigenvalue weighted by molar-refractivity contribution is 5.39. The Hall–Kier alpha value is -2.24. The van der Waals surface area contributed by atoms with Crippen molar-refractivity contribution < 1.29 is 24.6 Å². The molecule has 0 aliphatic heterocycles. The van der Waals surface area contributed by atoms with E-state index in [4.69, 9.17) is 14.2 Å². The first kappa shape index (κ1) is 20.1. The molecule has 0 saturated carbocycles. The number of hydrogen-bond acceptors (Lipinski definition) is 4. The number of hydrogen-bond donors (Lipinski definition) is 2. The third-order valence-electron chi connectivity index (χ3n) is 4.06. The van der Waals surface area contributed by atoms with Crippen molar-refractivity contribution in [3.8, 4) is 17.2 Å². The molecule has 2 aromatic carbocycles. The third kappa shape index (κ3) is 6.24. The van der Waals surface area contributed by atoms with Crippen molar-refractivity contribution in [1.82, 2.24) is 0 Å². The molecule has 142 valence electrons. The second-order valence-corrected chi connectivity index (χ2v) is 6.47. The lowest BCUT2D eigenvalue weighted by Gasteiger charge is -2.16. The van der Waals surface area contributed by atoms with Crippen molar-refractivity contribution >= 4 is 0 Å².